The van der Waals surface area contributed by atoms with Crippen LogP contribution in [0, 0.1) is 0 Å². The van der Waals surface area contributed by atoms with Gasteiger partial charge in [-0.2, -0.15) is 17.4 Å². The van der Waals surface area contributed by atoms with Crippen LogP contribution in [0.25, 0.3) is 0 Å². The molecule has 1 unspecified atom stereocenters. The largest absolute Gasteiger partial charge is 0.389 e. The molecule has 1 aliphatic heterocycles. The van der Waals surface area contributed by atoms with Crippen molar-refractivity contribution in [3.05, 3.63) is 0 Å². The Bertz CT molecular complexity index is 309. The Labute approximate surface area is 96.8 Å². The minimum absolute atomic E-state index is 0.0309. The average molecular weight is 252 g/mol. The fraction of sp³-hybridized carbons (Fsp3) is 1.00. The first kappa shape index (κ1) is 13.9. The van der Waals surface area contributed by atoms with Gasteiger partial charge in [-0.15, -0.1) is 0 Å². The second kappa shape index (κ2) is 5.42. The van der Waals surface area contributed by atoms with Gasteiger partial charge in [0.2, 0.25) is 0 Å². The molecule has 6 nitrogen and oxygen atoms in total. The Hall–Kier alpha value is -0.210. The summed E-state index contributed by atoms with van der Waals surface area (Å²) in [6.07, 6.45) is 0.499. The molecule has 1 fully saturated rings. The molecule has 7 heteroatoms. The minimum atomic E-state index is -3.48. The fourth-order valence-electron chi connectivity index (χ4n) is 1.25. The zero-order chi connectivity index (χ0) is 12.2. The Morgan fingerprint density at radius 2 is 2.00 bits per heavy atom. The molecule has 1 rings (SSSR count). The van der Waals surface area contributed by atoms with Gasteiger partial charge in [0.25, 0.3) is 10.2 Å². The van der Waals surface area contributed by atoms with Gasteiger partial charge in [0.05, 0.1) is 18.8 Å². The van der Waals surface area contributed by atoms with Crippen molar-refractivity contribution in [2.24, 2.45) is 0 Å². The summed E-state index contributed by atoms with van der Waals surface area (Å²) in [5.41, 5.74) is -1.00. The Morgan fingerprint density at radius 1 is 1.44 bits per heavy atom. The molecule has 0 aromatic carbocycles. The number of nitrogens with one attached hydrogen (secondary N) is 1. The molecule has 0 saturated carbocycles. The lowest BCUT2D eigenvalue weighted by molar-refractivity contribution is 0.0580. The van der Waals surface area contributed by atoms with E-state index in [1.807, 2.05) is 6.92 Å². The lowest BCUT2D eigenvalue weighted by atomic mass is 10.1. The highest BCUT2D eigenvalue weighted by molar-refractivity contribution is 7.87. The van der Waals surface area contributed by atoms with Crippen LogP contribution in [0.1, 0.15) is 20.3 Å². The van der Waals surface area contributed by atoms with Crippen molar-refractivity contribution in [1.82, 2.24) is 9.03 Å². The third-order valence-corrected chi connectivity index (χ3v) is 4.26. The summed E-state index contributed by atoms with van der Waals surface area (Å²) in [5, 5.41) is 9.71. The number of hydrogen-bond donors (Lipinski definition) is 2. The molecule has 2 N–H and O–H groups in total. The van der Waals surface area contributed by atoms with Crippen LogP contribution in [0.5, 0.6) is 0 Å². The van der Waals surface area contributed by atoms with Gasteiger partial charge in [0, 0.05) is 19.6 Å². The summed E-state index contributed by atoms with van der Waals surface area (Å²) in [4.78, 5) is 0. The van der Waals surface area contributed by atoms with Crippen LogP contribution in [0.3, 0.4) is 0 Å². The maximum absolute atomic E-state index is 11.8. The smallest absolute Gasteiger partial charge is 0.279 e. The molecule has 0 aliphatic carbocycles. The van der Waals surface area contributed by atoms with E-state index in [-0.39, 0.29) is 6.54 Å². The number of ether oxygens (including phenoxy) is 1. The number of rotatable bonds is 5. The standard InChI is InChI=1S/C9H20N2O4S/c1-3-9(2,12)8-10-16(13,14)11-4-6-15-7-5-11/h10,12H,3-8H2,1-2H3. The number of hydrogen-bond acceptors (Lipinski definition) is 4. The lowest BCUT2D eigenvalue weighted by Crippen LogP contribution is -2.50. The van der Waals surface area contributed by atoms with E-state index in [1.54, 1.807) is 6.92 Å². The van der Waals surface area contributed by atoms with Crippen molar-refractivity contribution in [3.63, 3.8) is 0 Å². The molecule has 1 atom stereocenters. The molecule has 0 radical (unpaired) electrons. The summed E-state index contributed by atoms with van der Waals surface area (Å²) in [5.74, 6) is 0. The first-order valence-electron chi connectivity index (χ1n) is 5.42. The number of aliphatic hydroxyl groups is 1. The van der Waals surface area contributed by atoms with Gasteiger partial charge in [0.1, 0.15) is 0 Å². The first-order valence-corrected chi connectivity index (χ1v) is 6.86. The van der Waals surface area contributed by atoms with Crippen molar-refractivity contribution in [1.29, 1.82) is 0 Å². The molecule has 0 bridgehead atoms. The summed E-state index contributed by atoms with van der Waals surface area (Å²) >= 11 is 0. The fourth-order valence-corrected chi connectivity index (χ4v) is 2.56. The number of nitrogens with zero attached hydrogens (tertiary/aromatic N) is 1. The molecule has 1 heterocycles. The average Bonchev–Trinajstić information content (AvgIpc) is 2.28. The van der Waals surface area contributed by atoms with E-state index in [1.165, 1.54) is 4.31 Å². The van der Waals surface area contributed by atoms with Gasteiger partial charge >= 0.3 is 0 Å². The van der Waals surface area contributed by atoms with Crippen molar-refractivity contribution < 1.29 is 18.3 Å². The highest BCUT2D eigenvalue weighted by Gasteiger charge is 2.27. The zero-order valence-corrected chi connectivity index (χ0v) is 10.6. The van der Waals surface area contributed by atoms with E-state index < -0.39 is 15.8 Å². The molecule has 0 spiro atoms. The third-order valence-electron chi connectivity index (χ3n) is 2.71. The quantitative estimate of drug-likeness (QED) is 0.679. The molecule has 1 aliphatic rings. The van der Waals surface area contributed by atoms with E-state index in [4.69, 9.17) is 4.74 Å². The van der Waals surface area contributed by atoms with Crippen molar-refractivity contribution in [3.8, 4) is 0 Å². The predicted molar refractivity (Wildman–Crippen MR) is 60.2 cm³/mol. The SMILES string of the molecule is CCC(C)(O)CNS(=O)(=O)N1CCOCC1. The predicted octanol–water partition coefficient (Wildman–Crippen LogP) is -0.686. The molecule has 0 aromatic rings. The second-order valence-electron chi connectivity index (χ2n) is 4.19. The van der Waals surface area contributed by atoms with Crippen LogP contribution >= 0.6 is 0 Å². The zero-order valence-electron chi connectivity index (χ0n) is 9.77. The van der Waals surface area contributed by atoms with Gasteiger partial charge in [0.15, 0.2) is 0 Å². The lowest BCUT2D eigenvalue weighted by Gasteiger charge is -2.28. The third kappa shape index (κ3) is 3.99. The molecule has 96 valence electrons. The monoisotopic (exact) mass is 252 g/mol. The van der Waals surface area contributed by atoms with E-state index >= 15 is 0 Å². The number of morpholine rings is 1. The summed E-state index contributed by atoms with van der Waals surface area (Å²) in [6.45, 7) is 5.02. The molecule has 0 amide bonds. The molecule has 1 saturated heterocycles. The Kier molecular flexibility index (Phi) is 4.69. The van der Waals surface area contributed by atoms with Crippen molar-refractivity contribution >= 4 is 10.2 Å². The molecule has 0 aromatic heterocycles. The van der Waals surface area contributed by atoms with Crippen LogP contribution in [0.2, 0.25) is 0 Å². The second-order valence-corrected chi connectivity index (χ2v) is 5.94. The van der Waals surface area contributed by atoms with E-state index in [0.29, 0.717) is 32.7 Å². The maximum Gasteiger partial charge on any atom is 0.279 e. The van der Waals surface area contributed by atoms with E-state index in [9.17, 15) is 13.5 Å². The topological polar surface area (TPSA) is 78.9 Å². The van der Waals surface area contributed by atoms with Gasteiger partial charge < -0.3 is 9.84 Å². The van der Waals surface area contributed by atoms with Gasteiger partial charge in [-0.25, -0.2) is 0 Å². The van der Waals surface area contributed by atoms with Gasteiger partial charge in [-0.3, -0.25) is 0 Å². The van der Waals surface area contributed by atoms with E-state index in [2.05, 4.69) is 4.72 Å². The van der Waals surface area contributed by atoms with Crippen LogP contribution in [-0.2, 0) is 14.9 Å². The normalized spacial score (nSPS) is 22.9. The molecule has 16 heavy (non-hydrogen) atoms. The van der Waals surface area contributed by atoms with Gasteiger partial charge in [-0.1, -0.05) is 6.92 Å². The van der Waals surface area contributed by atoms with Crippen LogP contribution < -0.4 is 4.72 Å². The Balaban J connectivity index is 2.51. The minimum Gasteiger partial charge on any atom is -0.389 e. The maximum atomic E-state index is 11.8. The Morgan fingerprint density at radius 3 is 2.50 bits per heavy atom. The van der Waals surface area contributed by atoms with Crippen molar-refractivity contribution in [2.45, 2.75) is 25.9 Å². The van der Waals surface area contributed by atoms with Crippen LogP contribution in [-0.4, -0.2) is 56.3 Å². The molecular weight excluding hydrogens is 232 g/mol. The summed E-state index contributed by atoms with van der Waals surface area (Å²) in [6, 6.07) is 0. The highest BCUT2D eigenvalue weighted by atomic mass is 32.2. The van der Waals surface area contributed by atoms with Crippen LogP contribution in [0.15, 0.2) is 0 Å². The summed E-state index contributed by atoms with van der Waals surface area (Å²) in [7, 11) is -3.48. The highest BCUT2D eigenvalue weighted by Crippen LogP contribution is 2.08. The van der Waals surface area contributed by atoms with Gasteiger partial charge in [-0.05, 0) is 13.3 Å². The molecular formula is C9H20N2O4S. The van der Waals surface area contributed by atoms with Crippen molar-refractivity contribution in [2.75, 3.05) is 32.8 Å². The first-order chi connectivity index (χ1) is 7.37. The summed E-state index contributed by atoms with van der Waals surface area (Å²) < 4.78 is 32.4. The van der Waals surface area contributed by atoms with Crippen LogP contribution in [0.4, 0.5) is 0 Å². The van der Waals surface area contributed by atoms with E-state index in [0.717, 1.165) is 0 Å².